The Morgan fingerprint density at radius 3 is 2.39 bits per heavy atom. The summed E-state index contributed by atoms with van der Waals surface area (Å²) in [6.07, 6.45) is 5.15. The van der Waals surface area contributed by atoms with Gasteiger partial charge in [-0.25, -0.2) is 14.1 Å². The Bertz CT molecular complexity index is 1430. The third kappa shape index (κ3) is 5.58. The normalized spacial score (nSPS) is 10.9. The molecule has 0 bridgehead atoms. The minimum atomic E-state index is -0.307. The summed E-state index contributed by atoms with van der Waals surface area (Å²) in [5.41, 5.74) is 4.21. The van der Waals surface area contributed by atoms with Gasteiger partial charge in [-0.3, -0.25) is 4.79 Å². The Hall–Kier alpha value is -4.52. The number of aryl methyl sites for hydroxylation is 1. The molecule has 7 heteroatoms. The van der Waals surface area contributed by atoms with Crippen LogP contribution in [0.25, 0.3) is 28.3 Å². The highest BCUT2D eigenvalue weighted by molar-refractivity contribution is 5.76. The number of carbonyl (C=O) groups is 1. The van der Waals surface area contributed by atoms with Crippen molar-refractivity contribution in [3.63, 3.8) is 0 Å². The first kappa shape index (κ1) is 23.2. The quantitative estimate of drug-likeness (QED) is 0.282. The number of oxazole rings is 1. The lowest BCUT2D eigenvalue weighted by atomic mass is 10.1. The summed E-state index contributed by atoms with van der Waals surface area (Å²) in [5, 5.41) is 7.69. The molecule has 6 nitrogen and oxygen atoms in total. The summed E-state index contributed by atoms with van der Waals surface area (Å²) in [6, 6.07) is 25.7. The number of para-hydroxylation sites is 1. The van der Waals surface area contributed by atoms with E-state index in [4.69, 9.17) is 9.52 Å². The summed E-state index contributed by atoms with van der Waals surface area (Å²) >= 11 is 0. The van der Waals surface area contributed by atoms with E-state index in [0.717, 1.165) is 28.1 Å². The van der Waals surface area contributed by atoms with Crippen LogP contribution in [-0.4, -0.2) is 20.7 Å². The van der Waals surface area contributed by atoms with Crippen molar-refractivity contribution in [3.8, 4) is 28.3 Å². The molecule has 0 radical (unpaired) electrons. The van der Waals surface area contributed by atoms with E-state index in [1.54, 1.807) is 23.0 Å². The Labute approximate surface area is 208 Å². The van der Waals surface area contributed by atoms with Crippen LogP contribution in [0.15, 0.2) is 102 Å². The van der Waals surface area contributed by atoms with Gasteiger partial charge in [0.1, 0.15) is 5.82 Å². The Morgan fingerprint density at radius 1 is 0.917 bits per heavy atom. The molecule has 0 atom stereocenters. The number of nitrogens with zero attached hydrogens (tertiary/aromatic N) is 3. The van der Waals surface area contributed by atoms with E-state index in [2.05, 4.69) is 10.3 Å². The van der Waals surface area contributed by atoms with Gasteiger partial charge in [-0.05, 0) is 42.8 Å². The highest BCUT2D eigenvalue weighted by Gasteiger charge is 2.14. The fraction of sp³-hybridized carbons (Fsp3) is 0.138. The number of hydrogen-bond donors (Lipinski definition) is 1. The van der Waals surface area contributed by atoms with Crippen LogP contribution in [0.2, 0.25) is 0 Å². The molecule has 0 fully saturated rings. The molecule has 0 unspecified atom stereocenters. The first-order valence-corrected chi connectivity index (χ1v) is 11.8. The van der Waals surface area contributed by atoms with Gasteiger partial charge in [0.25, 0.3) is 0 Å². The summed E-state index contributed by atoms with van der Waals surface area (Å²) in [6.45, 7) is 0.315. The van der Waals surface area contributed by atoms with Gasteiger partial charge in [-0.15, -0.1) is 0 Å². The van der Waals surface area contributed by atoms with Crippen LogP contribution < -0.4 is 5.32 Å². The largest absolute Gasteiger partial charge is 0.441 e. The number of rotatable bonds is 9. The maximum atomic E-state index is 13.5. The number of hydrogen-bond acceptors (Lipinski definition) is 4. The Morgan fingerprint density at radius 2 is 1.64 bits per heavy atom. The molecule has 0 aliphatic heterocycles. The average molecular weight is 481 g/mol. The molecule has 2 aromatic heterocycles. The van der Waals surface area contributed by atoms with Crippen LogP contribution in [-0.2, 0) is 17.8 Å². The summed E-state index contributed by atoms with van der Waals surface area (Å²) in [5.74, 6) is 0.962. The molecule has 5 rings (SSSR count). The van der Waals surface area contributed by atoms with Crippen molar-refractivity contribution < 1.29 is 13.6 Å². The fourth-order valence-corrected chi connectivity index (χ4v) is 3.95. The van der Waals surface area contributed by atoms with Crippen LogP contribution in [0.5, 0.6) is 0 Å². The van der Waals surface area contributed by atoms with Crippen LogP contribution in [0.3, 0.4) is 0 Å². The van der Waals surface area contributed by atoms with Gasteiger partial charge in [0.2, 0.25) is 5.91 Å². The number of benzene rings is 3. The lowest BCUT2D eigenvalue weighted by Crippen LogP contribution is -2.22. The molecule has 36 heavy (non-hydrogen) atoms. The summed E-state index contributed by atoms with van der Waals surface area (Å²) < 4.78 is 21.1. The Kier molecular flexibility index (Phi) is 6.98. The molecule has 5 aromatic rings. The third-order valence-electron chi connectivity index (χ3n) is 5.81. The average Bonchev–Trinajstić information content (AvgIpc) is 3.57. The number of carbonyl (C=O) groups excluding carboxylic acids is 1. The van der Waals surface area contributed by atoms with Gasteiger partial charge in [-0.2, -0.15) is 5.10 Å². The maximum Gasteiger partial charge on any atom is 0.220 e. The fourth-order valence-electron chi connectivity index (χ4n) is 3.95. The molecular formula is C29H25FN4O2. The minimum Gasteiger partial charge on any atom is -0.441 e. The highest BCUT2D eigenvalue weighted by Crippen LogP contribution is 2.24. The van der Waals surface area contributed by atoms with E-state index in [0.29, 0.717) is 37.4 Å². The smallest absolute Gasteiger partial charge is 0.220 e. The molecule has 0 saturated heterocycles. The lowest BCUT2D eigenvalue weighted by molar-refractivity contribution is -0.121. The van der Waals surface area contributed by atoms with E-state index < -0.39 is 0 Å². The van der Waals surface area contributed by atoms with Gasteiger partial charge in [0, 0.05) is 42.3 Å². The van der Waals surface area contributed by atoms with E-state index >= 15 is 0 Å². The second-order valence-electron chi connectivity index (χ2n) is 8.40. The molecule has 0 saturated carbocycles. The van der Waals surface area contributed by atoms with Crippen LogP contribution in [0, 0.1) is 5.82 Å². The van der Waals surface area contributed by atoms with E-state index in [9.17, 15) is 9.18 Å². The van der Waals surface area contributed by atoms with Gasteiger partial charge in [0.05, 0.1) is 17.6 Å². The maximum absolute atomic E-state index is 13.5. The first-order chi connectivity index (χ1) is 17.7. The van der Waals surface area contributed by atoms with Crippen molar-refractivity contribution in [2.45, 2.75) is 25.8 Å². The molecule has 3 aromatic carbocycles. The predicted molar refractivity (Wildman–Crippen MR) is 136 cm³/mol. The monoisotopic (exact) mass is 480 g/mol. The van der Waals surface area contributed by atoms with Crippen molar-refractivity contribution in [3.05, 3.63) is 115 Å². The van der Waals surface area contributed by atoms with E-state index in [1.165, 1.54) is 12.1 Å². The van der Waals surface area contributed by atoms with Gasteiger partial charge in [-0.1, -0.05) is 48.5 Å². The first-order valence-electron chi connectivity index (χ1n) is 11.8. The molecule has 180 valence electrons. The van der Waals surface area contributed by atoms with Gasteiger partial charge in [0.15, 0.2) is 11.7 Å². The molecular weight excluding hydrogens is 455 g/mol. The number of halogens is 1. The third-order valence-corrected chi connectivity index (χ3v) is 5.81. The zero-order chi connectivity index (χ0) is 24.7. The minimum absolute atomic E-state index is 0.0673. The molecule has 1 amide bonds. The topological polar surface area (TPSA) is 73.0 Å². The molecule has 2 heterocycles. The SMILES string of the molecule is O=C(CCCc1ncc(-c2ccccc2)o1)NCc1cn(-c2ccccc2)nc1-c1ccc(F)cc1. The van der Waals surface area contributed by atoms with Gasteiger partial charge >= 0.3 is 0 Å². The zero-order valence-corrected chi connectivity index (χ0v) is 19.6. The van der Waals surface area contributed by atoms with Crippen LogP contribution in [0.4, 0.5) is 4.39 Å². The Balaban J connectivity index is 1.21. The highest BCUT2D eigenvalue weighted by atomic mass is 19.1. The van der Waals surface area contributed by atoms with Crippen molar-refractivity contribution in [2.75, 3.05) is 0 Å². The number of amides is 1. The van der Waals surface area contributed by atoms with Crippen molar-refractivity contribution in [1.82, 2.24) is 20.1 Å². The molecule has 0 spiro atoms. The summed E-state index contributed by atoms with van der Waals surface area (Å²) in [7, 11) is 0. The second kappa shape index (κ2) is 10.8. The summed E-state index contributed by atoms with van der Waals surface area (Å²) in [4.78, 5) is 16.9. The van der Waals surface area contributed by atoms with Gasteiger partial charge < -0.3 is 9.73 Å². The van der Waals surface area contributed by atoms with Crippen LogP contribution >= 0.6 is 0 Å². The lowest BCUT2D eigenvalue weighted by Gasteiger charge is -2.05. The van der Waals surface area contributed by atoms with Crippen molar-refractivity contribution in [1.29, 1.82) is 0 Å². The predicted octanol–water partition coefficient (Wildman–Crippen LogP) is 5.97. The van der Waals surface area contributed by atoms with E-state index in [1.807, 2.05) is 66.9 Å². The van der Waals surface area contributed by atoms with Crippen molar-refractivity contribution in [2.24, 2.45) is 0 Å². The van der Waals surface area contributed by atoms with Crippen molar-refractivity contribution >= 4 is 5.91 Å². The number of nitrogens with one attached hydrogen (secondary N) is 1. The zero-order valence-electron chi connectivity index (χ0n) is 19.6. The second-order valence-corrected chi connectivity index (χ2v) is 8.40. The van der Waals surface area contributed by atoms with Crippen LogP contribution in [0.1, 0.15) is 24.3 Å². The molecule has 1 N–H and O–H groups in total. The number of aromatic nitrogens is 3. The van der Waals surface area contributed by atoms with E-state index in [-0.39, 0.29) is 11.7 Å². The standard InChI is InChI=1S/C29H25FN4O2/c30-24-16-14-22(15-17-24)29-23(20-34(33-29)25-10-5-2-6-11-25)18-31-27(35)12-7-13-28-32-19-26(36-28)21-8-3-1-4-9-21/h1-6,8-11,14-17,19-20H,7,12-13,18H2,(H,31,35). The molecule has 0 aliphatic carbocycles. The molecule has 0 aliphatic rings.